The monoisotopic (exact) mass is 504 g/mol. The summed E-state index contributed by atoms with van der Waals surface area (Å²) in [5.41, 5.74) is 7.64. The smallest absolute Gasteiger partial charge is 0.185 e. The molecule has 2 aromatic carbocycles. The summed E-state index contributed by atoms with van der Waals surface area (Å²) in [7, 11) is 0. The van der Waals surface area contributed by atoms with Crippen LogP contribution in [0.3, 0.4) is 0 Å². The molecule has 0 amide bonds. The van der Waals surface area contributed by atoms with E-state index in [9.17, 15) is 4.79 Å². The van der Waals surface area contributed by atoms with Gasteiger partial charge < -0.3 is 15.3 Å². The van der Waals surface area contributed by atoms with E-state index in [2.05, 4.69) is 55.5 Å². The van der Waals surface area contributed by atoms with Crippen LogP contribution in [0.15, 0.2) is 90.0 Å². The maximum atomic E-state index is 12.6. The lowest BCUT2D eigenvalue weighted by atomic mass is 9.90. The van der Waals surface area contributed by atoms with Crippen LogP contribution in [0.4, 0.5) is 0 Å². The van der Waals surface area contributed by atoms with Crippen LogP contribution in [-0.4, -0.2) is 24.8 Å². The molecule has 3 heterocycles. The molecule has 0 radical (unpaired) electrons. The first-order valence-corrected chi connectivity index (χ1v) is 13.3. The summed E-state index contributed by atoms with van der Waals surface area (Å²) in [6.45, 7) is 2.97. The van der Waals surface area contributed by atoms with Gasteiger partial charge in [0.15, 0.2) is 5.43 Å². The average Bonchev–Trinajstić information content (AvgIpc) is 3.37. The standard InChI is InChI=1S/C31H32N6O/c38-29-15-17-34-31-25(29)7-5-10-28(31)37(21-30-35-26-8-1-2-9-27(26)36-30)20-23-13-11-22(12-14-23)18-32-19-24-6-3-4-16-33-24/h1-4,6,8-9,11-17,28,32H,5,7,10,18-21H2,(H,34,38)(H,35,36). The molecule has 0 saturated heterocycles. The molecule has 7 nitrogen and oxygen atoms in total. The van der Waals surface area contributed by atoms with Crippen LogP contribution in [0.25, 0.3) is 11.0 Å². The van der Waals surface area contributed by atoms with Crippen molar-refractivity contribution < 1.29 is 0 Å². The van der Waals surface area contributed by atoms with Crippen LogP contribution in [-0.2, 0) is 32.6 Å². The van der Waals surface area contributed by atoms with Gasteiger partial charge >= 0.3 is 0 Å². The van der Waals surface area contributed by atoms with Crippen molar-refractivity contribution in [3.8, 4) is 0 Å². The second-order valence-corrected chi connectivity index (χ2v) is 9.99. The van der Waals surface area contributed by atoms with Crippen LogP contribution < -0.4 is 10.7 Å². The maximum absolute atomic E-state index is 12.6. The number of aromatic nitrogens is 4. The van der Waals surface area contributed by atoms with E-state index in [4.69, 9.17) is 4.98 Å². The number of hydrogen-bond donors (Lipinski definition) is 3. The van der Waals surface area contributed by atoms with Crippen LogP contribution in [0.1, 0.15) is 52.8 Å². The highest BCUT2D eigenvalue weighted by molar-refractivity contribution is 5.74. The fourth-order valence-corrected chi connectivity index (χ4v) is 5.45. The van der Waals surface area contributed by atoms with Crippen LogP contribution in [0, 0.1) is 0 Å². The van der Waals surface area contributed by atoms with E-state index >= 15 is 0 Å². The van der Waals surface area contributed by atoms with Crippen molar-refractivity contribution in [1.82, 2.24) is 30.2 Å². The summed E-state index contributed by atoms with van der Waals surface area (Å²) in [4.78, 5) is 31.2. The number of rotatable bonds is 9. The number of hydrogen-bond acceptors (Lipinski definition) is 5. The predicted octanol–water partition coefficient (Wildman–Crippen LogP) is 5.02. The zero-order valence-electron chi connectivity index (χ0n) is 21.4. The summed E-state index contributed by atoms with van der Waals surface area (Å²) >= 11 is 0. The fourth-order valence-electron chi connectivity index (χ4n) is 5.45. The number of para-hydroxylation sites is 2. The van der Waals surface area contributed by atoms with Crippen LogP contribution in [0.2, 0.25) is 0 Å². The lowest BCUT2D eigenvalue weighted by molar-refractivity contribution is 0.153. The zero-order valence-corrected chi connectivity index (χ0v) is 21.4. The van der Waals surface area contributed by atoms with Gasteiger partial charge in [-0.25, -0.2) is 4.98 Å². The van der Waals surface area contributed by atoms with Crippen molar-refractivity contribution in [1.29, 1.82) is 0 Å². The predicted molar refractivity (Wildman–Crippen MR) is 149 cm³/mol. The lowest BCUT2D eigenvalue weighted by Crippen LogP contribution is -2.33. The number of imidazole rings is 1. The largest absolute Gasteiger partial charge is 0.363 e. The summed E-state index contributed by atoms with van der Waals surface area (Å²) in [6.07, 6.45) is 6.44. The third-order valence-electron chi connectivity index (χ3n) is 7.34. The Kier molecular flexibility index (Phi) is 7.11. The zero-order chi connectivity index (χ0) is 25.7. The minimum Gasteiger partial charge on any atom is -0.363 e. The molecule has 1 aliphatic rings. The van der Waals surface area contributed by atoms with E-state index in [1.54, 1.807) is 12.3 Å². The molecular weight excluding hydrogens is 472 g/mol. The molecule has 1 atom stereocenters. The summed E-state index contributed by atoms with van der Waals surface area (Å²) in [5.74, 6) is 0.937. The minimum absolute atomic E-state index is 0.126. The SMILES string of the molecule is O=c1cc[nH]c2c1CCCC2N(Cc1ccc(CNCc2ccccn2)cc1)Cc1nc2ccccc2[nH]1. The van der Waals surface area contributed by atoms with E-state index in [0.29, 0.717) is 6.54 Å². The summed E-state index contributed by atoms with van der Waals surface area (Å²) in [5, 5.41) is 3.47. The number of nitrogens with one attached hydrogen (secondary N) is 3. The molecule has 1 unspecified atom stereocenters. The van der Waals surface area contributed by atoms with Gasteiger partial charge in [0.2, 0.25) is 0 Å². The first-order chi connectivity index (χ1) is 18.7. The molecule has 0 aliphatic heterocycles. The number of fused-ring (bicyclic) bond motifs is 2. The lowest BCUT2D eigenvalue weighted by Gasteiger charge is -2.35. The Labute approximate surface area is 222 Å². The van der Waals surface area contributed by atoms with Crippen molar-refractivity contribution in [2.45, 2.75) is 51.5 Å². The second-order valence-electron chi connectivity index (χ2n) is 9.99. The maximum Gasteiger partial charge on any atom is 0.185 e. The van der Waals surface area contributed by atoms with Crippen molar-refractivity contribution in [3.63, 3.8) is 0 Å². The highest BCUT2D eigenvalue weighted by atomic mass is 16.1. The molecule has 38 heavy (non-hydrogen) atoms. The molecule has 192 valence electrons. The van der Waals surface area contributed by atoms with Gasteiger partial charge in [-0.3, -0.25) is 14.7 Å². The van der Waals surface area contributed by atoms with Crippen LogP contribution in [0.5, 0.6) is 0 Å². The van der Waals surface area contributed by atoms with E-state index < -0.39 is 0 Å². The Balaban J connectivity index is 1.21. The quantitative estimate of drug-likeness (QED) is 0.262. The third kappa shape index (κ3) is 5.44. The highest BCUT2D eigenvalue weighted by Gasteiger charge is 2.28. The number of aromatic amines is 2. The number of pyridine rings is 2. The number of H-pyrrole nitrogens is 2. The summed E-state index contributed by atoms with van der Waals surface area (Å²) < 4.78 is 0. The Bertz CT molecular complexity index is 1520. The molecule has 5 aromatic rings. The number of nitrogens with zero attached hydrogens (tertiary/aromatic N) is 3. The van der Waals surface area contributed by atoms with Crippen LogP contribution >= 0.6 is 0 Å². The van der Waals surface area contributed by atoms with Gasteiger partial charge in [0.25, 0.3) is 0 Å². The minimum atomic E-state index is 0.126. The molecule has 1 aliphatic carbocycles. The van der Waals surface area contributed by atoms with E-state index in [-0.39, 0.29) is 11.5 Å². The van der Waals surface area contributed by atoms with E-state index in [1.165, 1.54) is 11.1 Å². The average molecular weight is 505 g/mol. The van der Waals surface area contributed by atoms with E-state index in [1.807, 2.05) is 42.6 Å². The van der Waals surface area contributed by atoms with Gasteiger partial charge in [-0.1, -0.05) is 42.5 Å². The van der Waals surface area contributed by atoms with Crippen molar-refractivity contribution in [3.05, 3.63) is 129 Å². The molecule has 0 spiro atoms. The van der Waals surface area contributed by atoms with Gasteiger partial charge in [-0.2, -0.15) is 0 Å². The number of benzene rings is 2. The topological polar surface area (TPSA) is 89.7 Å². The first kappa shape index (κ1) is 24.3. The fraction of sp³-hybridized carbons (Fsp3) is 0.258. The third-order valence-corrected chi connectivity index (χ3v) is 7.34. The Hall–Kier alpha value is -4.07. The Morgan fingerprint density at radius 1 is 0.921 bits per heavy atom. The molecule has 0 saturated carbocycles. The molecule has 3 N–H and O–H groups in total. The van der Waals surface area contributed by atoms with Gasteiger partial charge in [0.1, 0.15) is 5.82 Å². The Morgan fingerprint density at radius 2 is 1.76 bits per heavy atom. The molecule has 7 heteroatoms. The van der Waals surface area contributed by atoms with Crippen molar-refractivity contribution in [2.24, 2.45) is 0 Å². The van der Waals surface area contributed by atoms with Crippen molar-refractivity contribution >= 4 is 11.0 Å². The summed E-state index contributed by atoms with van der Waals surface area (Å²) in [6, 6.07) is 24.7. The normalized spacial score (nSPS) is 15.1. The molecule has 0 bridgehead atoms. The molecule has 3 aromatic heterocycles. The van der Waals surface area contributed by atoms with Gasteiger partial charge in [-0.15, -0.1) is 0 Å². The second kappa shape index (κ2) is 11.1. The molecule has 0 fully saturated rings. The molecule has 6 rings (SSSR count). The molecular formula is C31H32N6O. The van der Waals surface area contributed by atoms with Crippen molar-refractivity contribution in [2.75, 3.05) is 0 Å². The van der Waals surface area contributed by atoms with E-state index in [0.717, 1.165) is 72.7 Å². The highest BCUT2D eigenvalue weighted by Crippen LogP contribution is 2.33. The first-order valence-electron chi connectivity index (χ1n) is 13.3. The van der Waals surface area contributed by atoms with Gasteiger partial charge in [-0.05, 0) is 54.7 Å². The van der Waals surface area contributed by atoms with Gasteiger partial charge in [0.05, 0.1) is 29.3 Å². The Morgan fingerprint density at radius 3 is 2.61 bits per heavy atom. The van der Waals surface area contributed by atoms with Gasteiger partial charge in [0, 0.05) is 49.4 Å².